The van der Waals surface area contributed by atoms with Crippen molar-refractivity contribution in [1.82, 2.24) is 4.90 Å². The summed E-state index contributed by atoms with van der Waals surface area (Å²) < 4.78 is 0. The SMILES string of the molecule is CC(C)(C(=O)Nc1ccc(Cl)cc1Cl)C(=O)N1CCCCC1. The number of piperidine rings is 1. The van der Waals surface area contributed by atoms with Crippen molar-refractivity contribution in [1.29, 1.82) is 0 Å². The highest BCUT2D eigenvalue weighted by Crippen LogP contribution is 2.29. The van der Waals surface area contributed by atoms with Gasteiger partial charge < -0.3 is 10.2 Å². The first-order valence-corrected chi connectivity index (χ1v) is 8.14. The maximum absolute atomic E-state index is 12.6. The van der Waals surface area contributed by atoms with Gasteiger partial charge in [-0.2, -0.15) is 0 Å². The second-order valence-corrected chi connectivity index (χ2v) is 6.90. The van der Waals surface area contributed by atoms with Crippen LogP contribution in [0.4, 0.5) is 5.69 Å². The molecule has 1 fully saturated rings. The third kappa shape index (κ3) is 3.73. The van der Waals surface area contributed by atoms with E-state index in [1.807, 2.05) is 0 Å². The molecule has 1 heterocycles. The van der Waals surface area contributed by atoms with Gasteiger partial charge in [0.05, 0.1) is 10.7 Å². The van der Waals surface area contributed by atoms with Gasteiger partial charge in [0.2, 0.25) is 11.8 Å². The average Bonchev–Trinajstić information content (AvgIpc) is 2.50. The summed E-state index contributed by atoms with van der Waals surface area (Å²) in [7, 11) is 0. The number of nitrogens with zero attached hydrogens (tertiary/aromatic N) is 1. The molecule has 1 aromatic rings. The van der Waals surface area contributed by atoms with Crippen molar-refractivity contribution in [3.63, 3.8) is 0 Å². The van der Waals surface area contributed by atoms with Crippen LogP contribution in [0.3, 0.4) is 0 Å². The van der Waals surface area contributed by atoms with E-state index in [1.54, 1.807) is 36.9 Å². The van der Waals surface area contributed by atoms with Gasteiger partial charge in [-0.25, -0.2) is 0 Å². The zero-order chi connectivity index (χ0) is 16.3. The molecule has 0 aromatic heterocycles. The van der Waals surface area contributed by atoms with E-state index in [1.165, 1.54) is 0 Å². The summed E-state index contributed by atoms with van der Waals surface area (Å²) in [4.78, 5) is 26.9. The summed E-state index contributed by atoms with van der Waals surface area (Å²) >= 11 is 11.9. The second-order valence-electron chi connectivity index (χ2n) is 6.06. The number of rotatable bonds is 3. The molecular weight excluding hydrogens is 323 g/mol. The van der Waals surface area contributed by atoms with E-state index in [0.717, 1.165) is 32.4 Å². The van der Waals surface area contributed by atoms with Crippen molar-refractivity contribution in [2.45, 2.75) is 33.1 Å². The molecule has 1 aliphatic rings. The molecule has 0 bridgehead atoms. The Labute approximate surface area is 140 Å². The van der Waals surface area contributed by atoms with E-state index >= 15 is 0 Å². The molecule has 0 atom stereocenters. The second kappa shape index (κ2) is 6.88. The van der Waals surface area contributed by atoms with E-state index in [9.17, 15) is 9.59 Å². The van der Waals surface area contributed by atoms with Crippen LogP contribution in [0, 0.1) is 5.41 Å². The number of halogens is 2. The monoisotopic (exact) mass is 342 g/mol. The minimum absolute atomic E-state index is 0.144. The van der Waals surface area contributed by atoms with Crippen LogP contribution < -0.4 is 5.32 Å². The highest BCUT2D eigenvalue weighted by molar-refractivity contribution is 6.36. The minimum Gasteiger partial charge on any atom is -0.342 e. The molecule has 1 N–H and O–H groups in total. The number of hydrogen-bond donors (Lipinski definition) is 1. The van der Waals surface area contributed by atoms with Crippen molar-refractivity contribution < 1.29 is 9.59 Å². The predicted molar refractivity (Wildman–Crippen MR) is 89.3 cm³/mol. The number of carbonyl (C=O) groups excluding carboxylic acids is 2. The van der Waals surface area contributed by atoms with Gasteiger partial charge in [-0.3, -0.25) is 9.59 Å². The first kappa shape index (κ1) is 17.1. The molecule has 0 radical (unpaired) electrons. The number of amides is 2. The number of hydrogen-bond acceptors (Lipinski definition) is 2. The van der Waals surface area contributed by atoms with Gasteiger partial charge in [0.25, 0.3) is 0 Å². The fraction of sp³-hybridized carbons (Fsp3) is 0.500. The van der Waals surface area contributed by atoms with Crippen LogP contribution in [0.5, 0.6) is 0 Å². The van der Waals surface area contributed by atoms with E-state index in [-0.39, 0.29) is 11.8 Å². The third-order valence-electron chi connectivity index (χ3n) is 3.92. The Morgan fingerprint density at radius 2 is 1.77 bits per heavy atom. The Bertz CT molecular complexity index is 582. The highest BCUT2D eigenvalue weighted by atomic mass is 35.5. The quantitative estimate of drug-likeness (QED) is 0.845. The van der Waals surface area contributed by atoms with Crippen LogP contribution in [0.1, 0.15) is 33.1 Å². The molecule has 0 unspecified atom stereocenters. The Kier molecular flexibility index (Phi) is 5.35. The molecule has 120 valence electrons. The van der Waals surface area contributed by atoms with Gasteiger partial charge >= 0.3 is 0 Å². The molecule has 6 heteroatoms. The summed E-state index contributed by atoms with van der Waals surface area (Å²) in [6.45, 7) is 4.72. The van der Waals surface area contributed by atoms with Crippen LogP contribution in [0.2, 0.25) is 10.0 Å². The lowest BCUT2D eigenvalue weighted by Gasteiger charge is -2.33. The van der Waals surface area contributed by atoms with Crippen LogP contribution in [-0.4, -0.2) is 29.8 Å². The molecule has 1 aromatic carbocycles. The number of anilines is 1. The van der Waals surface area contributed by atoms with E-state index in [0.29, 0.717) is 15.7 Å². The lowest BCUT2D eigenvalue weighted by atomic mass is 9.89. The molecule has 1 aliphatic heterocycles. The van der Waals surface area contributed by atoms with E-state index < -0.39 is 5.41 Å². The molecule has 1 saturated heterocycles. The summed E-state index contributed by atoms with van der Waals surface area (Å²) in [6, 6.07) is 4.82. The van der Waals surface area contributed by atoms with Crippen LogP contribution in [0.15, 0.2) is 18.2 Å². The third-order valence-corrected chi connectivity index (χ3v) is 4.47. The molecular formula is C16H20Cl2N2O2. The molecule has 22 heavy (non-hydrogen) atoms. The zero-order valence-electron chi connectivity index (χ0n) is 12.8. The fourth-order valence-electron chi connectivity index (χ4n) is 2.46. The maximum Gasteiger partial charge on any atom is 0.239 e. The number of carbonyl (C=O) groups is 2. The lowest BCUT2D eigenvalue weighted by Crippen LogP contribution is -2.49. The van der Waals surface area contributed by atoms with Crippen molar-refractivity contribution >= 4 is 40.7 Å². The molecule has 0 spiro atoms. The Morgan fingerprint density at radius 3 is 2.36 bits per heavy atom. The average molecular weight is 343 g/mol. The molecule has 4 nitrogen and oxygen atoms in total. The number of benzene rings is 1. The highest BCUT2D eigenvalue weighted by Gasteiger charge is 2.39. The van der Waals surface area contributed by atoms with Gasteiger partial charge in [-0.05, 0) is 51.3 Å². The normalized spacial score (nSPS) is 15.5. The summed E-state index contributed by atoms with van der Waals surface area (Å²) in [5.74, 6) is -0.512. The number of likely N-dealkylation sites (tertiary alicyclic amines) is 1. The topological polar surface area (TPSA) is 49.4 Å². The standard InChI is InChI=1S/C16H20Cl2N2O2/c1-16(2,15(22)20-8-4-3-5-9-20)14(21)19-13-7-6-11(17)10-12(13)18/h6-7,10H,3-5,8-9H2,1-2H3,(H,19,21). The van der Waals surface area contributed by atoms with Crippen molar-refractivity contribution in [2.24, 2.45) is 5.41 Å². The Balaban J connectivity index is 2.10. The van der Waals surface area contributed by atoms with Gasteiger partial charge in [0.15, 0.2) is 0 Å². The first-order chi connectivity index (χ1) is 10.3. The van der Waals surface area contributed by atoms with Crippen molar-refractivity contribution in [2.75, 3.05) is 18.4 Å². The Hall–Kier alpha value is -1.26. The molecule has 2 rings (SSSR count). The summed E-state index contributed by atoms with van der Waals surface area (Å²) in [6.07, 6.45) is 3.12. The Morgan fingerprint density at radius 1 is 1.14 bits per heavy atom. The summed E-state index contributed by atoms with van der Waals surface area (Å²) in [5, 5.41) is 3.56. The molecule has 2 amide bonds. The lowest BCUT2D eigenvalue weighted by molar-refractivity contribution is -0.147. The van der Waals surface area contributed by atoms with E-state index in [2.05, 4.69) is 5.32 Å². The van der Waals surface area contributed by atoms with E-state index in [4.69, 9.17) is 23.2 Å². The summed E-state index contributed by atoms with van der Waals surface area (Å²) in [5.41, 5.74) is -0.684. The molecule has 0 aliphatic carbocycles. The predicted octanol–water partition coefficient (Wildman–Crippen LogP) is 3.97. The smallest absolute Gasteiger partial charge is 0.239 e. The van der Waals surface area contributed by atoms with Crippen LogP contribution in [0.25, 0.3) is 0 Å². The van der Waals surface area contributed by atoms with Crippen molar-refractivity contribution in [3.05, 3.63) is 28.2 Å². The minimum atomic E-state index is -1.14. The van der Waals surface area contributed by atoms with Crippen LogP contribution >= 0.6 is 23.2 Å². The largest absolute Gasteiger partial charge is 0.342 e. The number of nitrogens with one attached hydrogen (secondary N) is 1. The van der Waals surface area contributed by atoms with Gasteiger partial charge in [-0.1, -0.05) is 23.2 Å². The zero-order valence-corrected chi connectivity index (χ0v) is 14.3. The van der Waals surface area contributed by atoms with Gasteiger partial charge in [0.1, 0.15) is 5.41 Å². The first-order valence-electron chi connectivity index (χ1n) is 7.38. The van der Waals surface area contributed by atoms with Crippen LogP contribution in [-0.2, 0) is 9.59 Å². The fourth-order valence-corrected chi connectivity index (χ4v) is 2.91. The molecule has 0 saturated carbocycles. The van der Waals surface area contributed by atoms with Gasteiger partial charge in [-0.15, -0.1) is 0 Å². The van der Waals surface area contributed by atoms with Crippen molar-refractivity contribution in [3.8, 4) is 0 Å². The maximum atomic E-state index is 12.6. The van der Waals surface area contributed by atoms with Gasteiger partial charge in [0, 0.05) is 18.1 Å².